The van der Waals surface area contributed by atoms with E-state index in [2.05, 4.69) is 21.9 Å². The van der Waals surface area contributed by atoms with Crippen molar-refractivity contribution in [2.24, 2.45) is 0 Å². The third kappa shape index (κ3) is 10.3. The molecule has 5 rings (SSSR count). The van der Waals surface area contributed by atoms with Gasteiger partial charge in [0.25, 0.3) is 0 Å². The molecule has 2 aliphatic rings. The Morgan fingerprint density at radius 1 is 0.957 bits per heavy atom. The van der Waals surface area contributed by atoms with Gasteiger partial charge in [0.15, 0.2) is 0 Å². The number of rotatable bonds is 12. The molecule has 13 heteroatoms. The Morgan fingerprint density at radius 3 is 2.21 bits per heavy atom. The normalized spacial score (nSPS) is 16.3. The van der Waals surface area contributed by atoms with Crippen molar-refractivity contribution in [3.8, 4) is 11.5 Å². The van der Waals surface area contributed by atoms with Gasteiger partial charge < -0.3 is 19.7 Å². The molecule has 0 aliphatic carbocycles. The Balaban J connectivity index is 0.00000500. The van der Waals surface area contributed by atoms with Crippen molar-refractivity contribution in [3.05, 3.63) is 83.9 Å². The molecular weight excluding hydrogens is 650 g/mol. The van der Waals surface area contributed by atoms with Crippen LogP contribution in [-0.4, -0.2) is 69.2 Å². The lowest BCUT2D eigenvalue weighted by molar-refractivity contribution is 0.0832. The molecule has 9 nitrogen and oxygen atoms in total. The number of carbonyl (C=O) groups is 1. The van der Waals surface area contributed by atoms with Crippen LogP contribution in [0, 0.1) is 11.6 Å². The first-order valence-corrected chi connectivity index (χ1v) is 17.4. The molecule has 2 aliphatic heterocycles. The molecule has 0 unspecified atom stereocenters. The number of urea groups is 1. The highest BCUT2D eigenvalue weighted by Gasteiger charge is 2.28. The number of sulfonamides is 1. The van der Waals surface area contributed by atoms with Gasteiger partial charge in [0, 0.05) is 57.5 Å². The Labute approximate surface area is 282 Å². The first-order chi connectivity index (χ1) is 22.2. The van der Waals surface area contributed by atoms with Gasteiger partial charge in [-0.2, -0.15) is 0 Å². The van der Waals surface area contributed by atoms with Gasteiger partial charge in [0.05, 0.1) is 10.6 Å². The van der Waals surface area contributed by atoms with Crippen molar-refractivity contribution in [2.45, 2.75) is 69.0 Å². The lowest BCUT2D eigenvalue weighted by atomic mass is 10.0. The number of anilines is 1. The third-order valence-electron chi connectivity index (χ3n) is 8.43. The zero-order chi connectivity index (χ0) is 32.5. The number of likely N-dealkylation sites (tertiary alicyclic amines) is 1. The quantitative estimate of drug-likeness (QED) is 0.214. The lowest BCUT2D eigenvalue weighted by Gasteiger charge is -2.38. The van der Waals surface area contributed by atoms with Crippen LogP contribution in [0.4, 0.5) is 19.3 Å². The van der Waals surface area contributed by atoms with Crippen molar-refractivity contribution in [2.75, 3.05) is 38.2 Å². The van der Waals surface area contributed by atoms with Crippen LogP contribution < -0.4 is 14.8 Å². The van der Waals surface area contributed by atoms with Crippen molar-refractivity contribution < 1.29 is 31.5 Å². The molecule has 2 N–H and O–H groups in total. The fourth-order valence-corrected chi connectivity index (χ4v) is 7.10. The fourth-order valence-electron chi connectivity index (χ4n) is 5.79. The smallest absolute Gasteiger partial charge is 0.322 e. The van der Waals surface area contributed by atoms with Gasteiger partial charge in [0.1, 0.15) is 23.1 Å². The number of amides is 2. The van der Waals surface area contributed by atoms with E-state index in [1.807, 2.05) is 24.3 Å². The number of ether oxygens (including phenoxy) is 2. The summed E-state index contributed by atoms with van der Waals surface area (Å²) < 4.78 is 67.0. The van der Waals surface area contributed by atoms with E-state index in [9.17, 15) is 22.0 Å². The molecule has 0 saturated carbocycles. The van der Waals surface area contributed by atoms with Gasteiger partial charge >= 0.3 is 6.03 Å². The Hall–Kier alpha value is -3.29. The summed E-state index contributed by atoms with van der Waals surface area (Å²) in [7, 11) is -3.62. The maximum atomic E-state index is 14.2. The Kier molecular flexibility index (Phi) is 13.4. The maximum absolute atomic E-state index is 14.2. The van der Waals surface area contributed by atoms with Crippen molar-refractivity contribution in [1.82, 2.24) is 14.5 Å². The van der Waals surface area contributed by atoms with Crippen molar-refractivity contribution in [3.63, 3.8) is 0 Å². The van der Waals surface area contributed by atoms with Gasteiger partial charge in [0.2, 0.25) is 10.0 Å². The lowest BCUT2D eigenvalue weighted by Crippen LogP contribution is -2.49. The molecular formula is C34H43ClF2N4O5S. The average Bonchev–Trinajstić information content (AvgIpc) is 3.05. The number of carbonyl (C=O) groups excluding carboxylic acids is 1. The minimum absolute atomic E-state index is 0. The third-order valence-corrected chi connectivity index (χ3v) is 9.96. The molecule has 0 radical (unpaired) electrons. The van der Waals surface area contributed by atoms with Gasteiger partial charge in [-0.3, -0.25) is 4.90 Å². The van der Waals surface area contributed by atoms with Crippen molar-refractivity contribution >= 4 is 34.1 Å². The van der Waals surface area contributed by atoms with E-state index in [1.54, 1.807) is 29.2 Å². The van der Waals surface area contributed by atoms with Crippen LogP contribution >= 0.6 is 12.4 Å². The number of nitrogens with one attached hydrogen (secondary N) is 2. The molecule has 256 valence electrons. The van der Waals surface area contributed by atoms with E-state index in [0.29, 0.717) is 44.1 Å². The number of hydrogen-bond donors (Lipinski definition) is 2. The Morgan fingerprint density at radius 2 is 1.60 bits per heavy atom. The fraction of sp³-hybridized carbons (Fsp3) is 0.441. The summed E-state index contributed by atoms with van der Waals surface area (Å²) in [5.41, 5.74) is 1.10. The number of benzene rings is 3. The molecule has 2 heterocycles. The van der Waals surface area contributed by atoms with Crippen LogP contribution in [0.25, 0.3) is 0 Å². The number of halogens is 3. The monoisotopic (exact) mass is 692 g/mol. The highest BCUT2D eigenvalue weighted by atomic mass is 35.5. The van der Waals surface area contributed by atoms with Gasteiger partial charge in [-0.05, 0) is 86.2 Å². The van der Waals surface area contributed by atoms with Crippen LogP contribution in [0.15, 0.2) is 71.6 Å². The molecule has 3 aromatic carbocycles. The van der Waals surface area contributed by atoms with Crippen LogP contribution in [0.1, 0.15) is 51.0 Å². The number of unbranched alkanes of at least 4 members (excludes halogenated alkanes) is 1. The predicted molar refractivity (Wildman–Crippen MR) is 180 cm³/mol. The molecule has 2 saturated heterocycles. The predicted octanol–water partition coefficient (Wildman–Crippen LogP) is 6.93. The summed E-state index contributed by atoms with van der Waals surface area (Å²) in [5.74, 6) is -0.295. The highest BCUT2D eigenvalue weighted by Crippen LogP contribution is 2.26. The van der Waals surface area contributed by atoms with E-state index in [0.717, 1.165) is 63.0 Å². The van der Waals surface area contributed by atoms with Crippen LogP contribution in [0.2, 0.25) is 0 Å². The molecule has 3 aromatic rings. The van der Waals surface area contributed by atoms with Gasteiger partial charge in [-0.25, -0.2) is 26.7 Å². The minimum Gasteiger partial charge on any atom is -0.457 e. The number of piperidine rings is 1. The van der Waals surface area contributed by atoms with E-state index in [1.165, 1.54) is 6.07 Å². The molecule has 0 bridgehead atoms. The number of nitrogens with zero attached hydrogens (tertiary/aromatic N) is 2. The summed E-state index contributed by atoms with van der Waals surface area (Å²) in [6.07, 6.45) is 4.67. The molecule has 0 aromatic heterocycles. The number of hydrogen-bond acceptors (Lipinski definition) is 6. The topological polar surface area (TPSA) is 100 Å². The van der Waals surface area contributed by atoms with E-state index >= 15 is 0 Å². The summed E-state index contributed by atoms with van der Waals surface area (Å²) >= 11 is 0. The first-order valence-electron chi connectivity index (χ1n) is 15.9. The summed E-state index contributed by atoms with van der Waals surface area (Å²) in [4.78, 5) is 17.5. The molecule has 47 heavy (non-hydrogen) atoms. The van der Waals surface area contributed by atoms with Crippen LogP contribution in [0.5, 0.6) is 11.5 Å². The van der Waals surface area contributed by atoms with E-state index < -0.39 is 21.7 Å². The summed E-state index contributed by atoms with van der Waals surface area (Å²) in [5, 5.41) is 2.63. The summed E-state index contributed by atoms with van der Waals surface area (Å²) in [6.45, 7) is 6.11. The average molecular weight is 693 g/mol. The van der Waals surface area contributed by atoms with Crippen molar-refractivity contribution in [1.29, 1.82) is 0 Å². The second-order valence-electron chi connectivity index (χ2n) is 11.8. The maximum Gasteiger partial charge on any atom is 0.322 e. The van der Waals surface area contributed by atoms with Gasteiger partial charge in [-0.15, -0.1) is 12.4 Å². The summed E-state index contributed by atoms with van der Waals surface area (Å²) in [6, 6.07) is 16.9. The molecule has 2 amide bonds. The van der Waals surface area contributed by atoms with Crippen LogP contribution in [0.3, 0.4) is 0 Å². The first kappa shape index (κ1) is 36.5. The largest absolute Gasteiger partial charge is 0.457 e. The molecule has 0 atom stereocenters. The van der Waals surface area contributed by atoms with E-state index in [-0.39, 0.29) is 41.1 Å². The van der Waals surface area contributed by atoms with Gasteiger partial charge in [-0.1, -0.05) is 25.5 Å². The zero-order valence-electron chi connectivity index (χ0n) is 26.5. The standard InChI is InChI=1S/C34H42F2N4O5S.ClH/c1-2-3-18-40(34(41)37-33-13-6-26(35)23-32(33)36)28-14-19-39(20-15-28)24-25-4-7-29(8-5-25)45-30-9-11-31(12-10-30)46(42,43)38-27-16-21-44-22-17-27;/h4-13,23,27-28,38H,2-3,14-22,24H2,1H3,(H,37,41);1H. The minimum atomic E-state index is -3.62. The Bertz CT molecular complexity index is 1550. The highest BCUT2D eigenvalue weighted by molar-refractivity contribution is 7.89. The van der Waals surface area contributed by atoms with E-state index in [4.69, 9.17) is 9.47 Å². The molecule has 2 fully saturated rings. The van der Waals surface area contributed by atoms with Crippen LogP contribution in [-0.2, 0) is 21.3 Å². The second-order valence-corrected chi connectivity index (χ2v) is 13.5. The SMILES string of the molecule is CCCCN(C(=O)Nc1ccc(F)cc1F)C1CCN(Cc2ccc(Oc3ccc(S(=O)(=O)NC4CCOCC4)cc3)cc2)CC1.Cl. The second kappa shape index (κ2) is 17.2. The molecule has 0 spiro atoms. The zero-order valence-corrected chi connectivity index (χ0v) is 28.1.